The molecule has 24 heavy (non-hydrogen) atoms. The molecule has 0 radical (unpaired) electrons. The number of hydrogen-bond acceptors (Lipinski definition) is 6. The SMILES string of the molecule is COC[C@@H]1[C@H](NS(=O)(=O)c2ccc(OC)c(OC)c2)[C@@H]2CCO[C@H]12. The highest BCUT2D eigenvalue weighted by Gasteiger charge is 2.54. The van der Waals surface area contributed by atoms with Gasteiger partial charge in [0.1, 0.15) is 0 Å². The first-order chi connectivity index (χ1) is 11.5. The zero-order valence-electron chi connectivity index (χ0n) is 14.0. The predicted octanol–water partition coefficient (Wildman–Crippen LogP) is 1.03. The molecule has 1 saturated carbocycles. The van der Waals surface area contributed by atoms with Gasteiger partial charge in [-0.2, -0.15) is 0 Å². The monoisotopic (exact) mass is 357 g/mol. The van der Waals surface area contributed by atoms with Crippen molar-refractivity contribution < 1.29 is 27.4 Å². The van der Waals surface area contributed by atoms with E-state index in [2.05, 4.69) is 4.72 Å². The summed E-state index contributed by atoms with van der Waals surface area (Å²) in [7, 11) is 0.932. The second kappa shape index (κ2) is 6.87. The molecular weight excluding hydrogens is 334 g/mol. The maximum atomic E-state index is 12.8. The summed E-state index contributed by atoms with van der Waals surface area (Å²) >= 11 is 0. The lowest BCUT2D eigenvalue weighted by molar-refractivity contribution is -0.0775. The van der Waals surface area contributed by atoms with Crippen LogP contribution in [0.25, 0.3) is 0 Å². The Morgan fingerprint density at radius 1 is 1.21 bits per heavy atom. The maximum absolute atomic E-state index is 12.8. The van der Waals surface area contributed by atoms with Crippen LogP contribution in [-0.2, 0) is 19.5 Å². The van der Waals surface area contributed by atoms with Crippen LogP contribution in [0.4, 0.5) is 0 Å². The van der Waals surface area contributed by atoms with E-state index in [1.54, 1.807) is 13.2 Å². The van der Waals surface area contributed by atoms with Crippen molar-refractivity contribution >= 4 is 10.0 Å². The number of rotatable bonds is 7. The number of sulfonamides is 1. The molecule has 0 spiro atoms. The molecule has 1 aromatic rings. The summed E-state index contributed by atoms with van der Waals surface area (Å²) in [5, 5.41) is 0. The van der Waals surface area contributed by atoms with E-state index in [0.29, 0.717) is 24.7 Å². The highest BCUT2D eigenvalue weighted by molar-refractivity contribution is 7.89. The Morgan fingerprint density at radius 2 is 1.96 bits per heavy atom. The zero-order valence-corrected chi connectivity index (χ0v) is 14.8. The third-order valence-corrected chi connectivity index (χ3v) is 6.30. The van der Waals surface area contributed by atoms with Crippen LogP contribution in [0, 0.1) is 11.8 Å². The molecule has 1 N–H and O–H groups in total. The molecule has 1 aliphatic heterocycles. The van der Waals surface area contributed by atoms with Gasteiger partial charge < -0.3 is 18.9 Å². The van der Waals surface area contributed by atoms with Gasteiger partial charge in [-0.05, 0) is 18.6 Å². The van der Waals surface area contributed by atoms with Crippen LogP contribution in [0.1, 0.15) is 6.42 Å². The van der Waals surface area contributed by atoms with Gasteiger partial charge in [-0.25, -0.2) is 13.1 Å². The molecule has 3 rings (SSSR count). The minimum Gasteiger partial charge on any atom is -0.493 e. The Hall–Kier alpha value is -1.35. The molecule has 1 heterocycles. The average molecular weight is 357 g/mol. The highest BCUT2D eigenvalue weighted by Crippen LogP contribution is 2.44. The van der Waals surface area contributed by atoms with Crippen molar-refractivity contribution in [3.05, 3.63) is 18.2 Å². The second-order valence-electron chi connectivity index (χ2n) is 6.07. The molecule has 8 heteroatoms. The first-order valence-corrected chi connectivity index (χ1v) is 9.35. The molecule has 7 nitrogen and oxygen atoms in total. The lowest BCUT2D eigenvalue weighted by Gasteiger charge is -2.47. The Balaban J connectivity index is 1.81. The summed E-state index contributed by atoms with van der Waals surface area (Å²) in [5.41, 5.74) is 0. The lowest BCUT2D eigenvalue weighted by Crippen LogP contribution is -2.62. The largest absolute Gasteiger partial charge is 0.493 e. The van der Waals surface area contributed by atoms with E-state index >= 15 is 0 Å². The van der Waals surface area contributed by atoms with Gasteiger partial charge in [-0.1, -0.05) is 0 Å². The molecule has 1 aromatic carbocycles. The van der Waals surface area contributed by atoms with Crippen LogP contribution in [0.15, 0.2) is 23.1 Å². The number of ether oxygens (including phenoxy) is 4. The van der Waals surface area contributed by atoms with Crippen molar-refractivity contribution in [3.8, 4) is 11.5 Å². The third-order valence-electron chi connectivity index (χ3n) is 4.84. The summed E-state index contributed by atoms with van der Waals surface area (Å²) in [4.78, 5) is 0.152. The highest BCUT2D eigenvalue weighted by atomic mass is 32.2. The normalized spacial score (nSPS) is 29.0. The zero-order chi connectivity index (χ0) is 17.3. The Bertz CT molecular complexity index is 692. The van der Waals surface area contributed by atoms with Gasteiger partial charge >= 0.3 is 0 Å². The van der Waals surface area contributed by atoms with Gasteiger partial charge in [0.05, 0.1) is 31.8 Å². The summed E-state index contributed by atoms with van der Waals surface area (Å²) in [6.45, 7) is 1.14. The van der Waals surface area contributed by atoms with Crippen molar-refractivity contribution in [2.75, 3.05) is 34.5 Å². The fraction of sp³-hybridized carbons (Fsp3) is 0.625. The molecular formula is C16H23NO6S. The Morgan fingerprint density at radius 3 is 2.62 bits per heavy atom. The van der Waals surface area contributed by atoms with Crippen molar-refractivity contribution in [1.29, 1.82) is 0 Å². The summed E-state index contributed by atoms with van der Waals surface area (Å²) in [6, 6.07) is 4.39. The van der Waals surface area contributed by atoms with E-state index in [1.165, 1.54) is 26.4 Å². The summed E-state index contributed by atoms with van der Waals surface area (Å²) < 4.78 is 49.6. The molecule has 0 aromatic heterocycles. The Labute approximate surface area is 142 Å². The van der Waals surface area contributed by atoms with E-state index in [9.17, 15) is 8.42 Å². The van der Waals surface area contributed by atoms with Crippen molar-refractivity contribution in [2.45, 2.75) is 23.5 Å². The number of fused-ring (bicyclic) bond motifs is 1. The fourth-order valence-corrected chi connectivity index (χ4v) is 4.98. The first kappa shape index (κ1) is 17.5. The second-order valence-corrected chi connectivity index (χ2v) is 7.78. The van der Waals surface area contributed by atoms with Gasteiger partial charge in [0.2, 0.25) is 10.0 Å². The van der Waals surface area contributed by atoms with Crippen molar-refractivity contribution in [1.82, 2.24) is 4.72 Å². The quantitative estimate of drug-likeness (QED) is 0.785. The molecule has 1 aliphatic carbocycles. The average Bonchev–Trinajstić information content (AvgIpc) is 3.01. The summed E-state index contributed by atoms with van der Waals surface area (Å²) in [5.74, 6) is 1.11. The van der Waals surface area contributed by atoms with E-state index in [4.69, 9.17) is 18.9 Å². The van der Waals surface area contributed by atoms with Gasteiger partial charge in [0.15, 0.2) is 11.5 Å². The minimum absolute atomic E-state index is 0.0393. The van der Waals surface area contributed by atoms with E-state index in [-0.39, 0.29) is 28.9 Å². The van der Waals surface area contributed by atoms with E-state index < -0.39 is 10.0 Å². The number of methoxy groups -OCH3 is 3. The molecule has 1 saturated heterocycles. The molecule has 134 valence electrons. The van der Waals surface area contributed by atoms with Gasteiger partial charge in [-0.3, -0.25) is 0 Å². The standard InChI is InChI=1S/C16H23NO6S/c1-20-9-12-15(11-6-7-23-16(11)12)17-24(18,19)10-4-5-13(21-2)14(8-10)22-3/h4-5,8,11-12,15-17H,6-7,9H2,1-3H3/t11-,12+,15+,16-/m0/s1. The van der Waals surface area contributed by atoms with E-state index in [0.717, 1.165) is 6.42 Å². The predicted molar refractivity (Wildman–Crippen MR) is 86.9 cm³/mol. The first-order valence-electron chi connectivity index (χ1n) is 7.86. The number of hydrogen-bond donors (Lipinski definition) is 1. The molecule has 0 amide bonds. The summed E-state index contributed by atoms with van der Waals surface area (Å²) in [6.07, 6.45) is 0.951. The van der Waals surface area contributed by atoms with Crippen LogP contribution in [0.3, 0.4) is 0 Å². The van der Waals surface area contributed by atoms with Crippen LogP contribution in [0.2, 0.25) is 0 Å². The van der Waals surface area contributed by atoms with Crippen LogP contribution < -0.4 is 14.2 Å². The number of benzene rings is 1. The van der Waals surface area contributed by atoms with Crippen LogP contribution in [-0.4, -0.2) is 55.1 Å². The van der Waals surface area contributed by atoms with Gasteiger partial charge in [-0.15, -0.1) is 0 Å². The van der Waals surface area contributed by atoms with Crippen LogP contribution in [0.5, 0.6) is 11.5 Å². The molecule has 4 atom stereocenters. The van der Waals surface area contributed by atoms with E-state index in [1.807, 2.05) is 0 Å². The topological polar surface area (TPSA) is 83.1 Å². The van der Waals surface area contributed by atoms with Crippen molar-refractivity contribution in [2.24, 2.45) is 11.8 Å². The molecule has 2 aliphatic rings. The van der Waals surface area contributed by atoms with Crippen LogP contribution >= 0.6 is 0 Å². The third kappa shape index (κ3) is 2.99. The smallest absolute Gasteiger partial charge is 0.240 e. The van der Waals surface area contributed by atoms with Gasteiger partial charge in [0.25, 0.3) is 0 Å². The van der Waals surface area contributed by atoms with Gasteiger partial charge in [0, 0.05) is 37.7 Å². The Kier molecular flexibility index (Phi) is 5.00. The lowest BCUT2D eigenvalue weighted by atomic mass is 9.68. The maximum Gasteiger partial charge on any atom is 0.240 e. The molecule has 0 bridgehead atoms. The molecule has 0 unspecified atom stereocenters. The minimum atomic E-state index is -3.66. The molecule has 2 fully saturated rings. The fourth-order valence-electron chi connectivity index (χ4n) is 3.63. The number of nitrogens with one attached hydrogen (secondary N) is 1. The van der Waals surface area contributed by atoms with Crippen molar-refractivity contribution in [3.63, 3.8) is 0 Å².